The van der Waals surface area contributed by atoms with E-state index in [1.165, 1.54) is 0 Å². The first-order valence-corrected chi connectivity index (χ1v) is 5.80. The lowest BCUT2D eigenvalue weighted by molar-refractivity contribution is 0.102. The molecular weight excluding hydrogens is 282 g/mol. The third-order valence-electron chi connectivity index (χ3n) is 2.14. The number of hydrogen-bond acceptors (Lipinski definition) is 3. The van der Waals surface area contributed by atoms with Crippen molar-refractivity contribution in [3.8, 4) is 0 Å². The van der Waals surface area contributed by atoms with Crippen LogP contribution in [-0.2, 0) is 0 Å². The summed E-state index contributed by atoms with van der Waals surface area (Å²) in [5.41, 5.74) is 1.91. The molecule has 0 aliphatic carbocycles. The Kier molecular flexibility index (Phi) is 3.49. The Hall–Kier alpha value is -1.75. The van der Waals surface area contributed by atoms with E-state index in [9.17, 15) is 4.79 Å². The van der Waals surface area contributed by atoms with Gasteiger partial charge < -0.3 is 5.32 Å². The number of amides is 1. The van der Waals surface area contributed by atoms with Crippen LogP contribution in [0.1, 0.15) is 16.2 Å². The molecule has 17 heavy (non-hydrogen) atoms. The van der Waals surface area contributed by atoms with Gasteiger partial charge in [-0.25, -0.2) is 4.98 Å². The van der Waals surface area contributed by atoms with E-state index in [-0.39, 0.29) is 5.91 Å². The maximum atomic E-state index is 11.9. The Labute approximate surface area is 107 Å². The van der Waals surface area contributed by atoms with Crippen molar-refractivity contribution in [1.82, 2.24) is 9.97 Å². The van der Waals surface area contributed by atoms with Crippen LogP contribution in [0.2, 0.25) is 0 Å². The predicted octanol–water partition coefficient (Wildman–Crippen LogP) is 2.80. The molecule has 0 spiro atoms. The number of aryl methyl sites for hydroxylation is 1. The van der Waals surface area contributed by atoms with Crippen molar-refractivity contribution >= 4 is 27.5 Å². The third kappa shape index (κ3) is 2.88. The van der Waals surface area contributed by atoms with E-state index in [0.717, 1.165) is 5.69 Å². The molecule has 0 atom stereocenters. The van der Waals surface area contributed by atoms with E-state index in [2.05, 4.69) is 31.2 Å². The van der Waals surface area contributed by atoms with Crippen LogP contribution in [0.25, 0.3) is 0 Å². The SMILES string of the molecule is Cc1ccc(NC(=O)c2ncccc2Br)cn1. The van der Waals surface area contributed by atoms with E-state index in [4.69, 9.17) is 0 Å². The molecule has 0 unspecified atom stereocenters. The van der Waals surface area contributed by atoms with Gasteiger partial charge in [-0.3, -0.25) is 9.78 Å². The van der Waals surface area contributed by atoms with Gasteiger partial charge in [-0.05, 0) is 47.1 Å². The van der Waals surface area contributed by atoms with Crippen LogP contribution in [0.15, 0.2) is 41.1 Å². The van der Waals surface area contributed by atoms with E-state index in [0.29, 0.717) is 15.9 Å². The highest BCUT2D eigenvalue weighted by Crippen LogP contribution is 2.15. The number of carbonyl (C=O) groups is 1. The first-order valence-electron chi connectivity index (χ1n) is 5.01. The fraction of sp³-hybridized carbons (Fsp3) is 0.0833. The Morgan fingerprint density at radius 2 is 2.12 bits per heavy atom. The monoisotopic (exact) mass is 291 g/mol. The molecule has 0 radical (unpaired) electrons. The average Bonchev–Trinajstić information content (AvgIpc) is 2.32. The molecule has 86 valence electrons. The second-order valence-corrected chi connectivity index (χ2v) is 4.33. The fourth-order valence-electron chi connectivity index (χ4n) is 1.28. The summed E-state index contributed by atoms with van der Waals surface area (Å²) in [4.78, 5) is 20.0. The van der Waals surface area contributed by atoms with E-state index in [1.807, 2.05) is 13.0 Å². The highest BCUT2D eigenvalue weighted by atomic mass is 79.9. The molecule has 4 nitrogen and oxygen atoms in total. The minimum Gasteiger partial charge on any atom is -0.319 e. The number of pyridine rings is 2. The average molecular weight is 292 g/mol. The maximum absolute atomic E-state index is 11.9. The summed E-state index contributed by atoms with van der Waals surface area (Å²) in [6.07, 6.45) is 3.19. The minimum atomic E-state index is -0.261. The number of anilines is 1. The van der Waals surface area contributed by atoms with Crippen LogP contribution in [0, 0.1) is 6.92 Å². The molecule has 0 bridgehead atoms. The summed E-state index contributed by atoms with van der Waals surface area (Å²) in [7, 11) is 0. The fourth-order valence-corrected chi connectivity index (χ4v) is 1.72. The summed E-state index contributed by atoms with van der Waals surface area (Å²) >= 11 is 3.28. The highest BCUT2D eigenvalue weighted by molar-refractivity contribution is 9.10. The van der Waals surface area contributed by atoms with Crippen LogP contribution >= 0.6 is 15.9 Å². The summed E-state index contributed by atoms with van der Waals surface area (Å²) < 4.78 is 0.664. The topological polar surface area (TPSA) is 54.9 Å². The second kappa shape index (κ2) is 5.05. The second-order valence-electron chi connectivity index (χ2n) is 3.48. The standard InChI is InChI=1S/C12H10BrN3O/c1-8-4-5-9(7-15-8)16-12(17)11-10(13)3-2-6-14-11/h2-7H,1H3,(H,16,17). The molecule has 0 saturated heterocycles. The van der Waals surface area contributed by atoms with Crippen molar-refractivity contribution in [2.45, 2.75) is 6.92 Å². The molecule has 0 aliphatic heterocycles. The number of halogens is 1. The predicted molar refractivity (Wildman–Crippen MR) is 68.9 cm³/mol. The van der Waals surface area contributed by atoms with Crippen molar-refractivity contribution in [2.75, 3.05) is 5.32 Å². The van der Waals surface area contributed by atoms with Crippen molar-refractivity contribution in [3.63, 3.8) is 0 Å². The van der Waals surface area contributed by atoms with Crippen molar-refractivity contribution < 1.29 is 4.79 Å². The van der Waals surface area contributed by atoms with Crippen LogP contribution in [-0.4, -0.2) is 15.9 Å². The quantitative estimate of drug-likeness (QED) is 0.926. The molecular formula is C12H10BrN3O. The van der Waals surface area contributed by atoms with Crippen molar-refractivity contribution in [1.29, 1.82) is 0 Å². The lowest BCUT2D eigenvalue weighted by Crippen LogP contribution is -2.14. The summed E-state index contributed by atoms with van der Waals surface area (Å²) in [6, 6.07) is 7.17. The molecule has 1 amide bonds. The number of nitrogens with zero attached hydrogens (tertiary/aromatic N) is 2. The molecule has 1 N–H and O–H groups in total. The normalized spacial score (nSPS) is 10.0. The van der Waals surface area contributed by atoms with Crippen LogP contribution in [0.4, 0.5) is 5.69 Å². The Morgan fingerprint density at radius 3 is 2.76 bits per heavy atom. The van der Waals surface area contributed by atoms with Gasteiger partial charge in [0.1, 0.15) is 5.69 Å². The molecule has 0 aromatic carbocycles. The molecule has 0 fully saturated rings. The number of carbonyl (C=O) groups excluding carboxylic acids is 1. The summed E-state index contributed by atoms with van der Waals surface area (Å²) in [5, 5.41) is 2.73. The Morgan fingerprint density at radius 1 is 1.29 bits per heavy atom. The molecule has 2 aromatic rings. The largest absolute Gasteiger partial charge is 0.319 e. The van der Waals surface area contributed by atoms with Crippen molar-refractivity contribution in [3.05, 3.63) is 52.5 Å². The third-order valence-corrected chi connectivity index (χ3v) is 2.78. The number of aromatic nitrogens is 2. The molecule has 2 rings (SSSR count). The van der Waals surface area contributed by atoms with Crippen LogP contribution in [0.5, 0.6) is 0 Å². The Bertz CT molecular complexity index is 540. The van der Waals surface area contributed by atoms with Crippen LogP contribution in [0.3, 0.4) is 0 Å². The maximum Gasteiger partial charge on any atom is 0.275 e. The van der Waals surface area contributed by atoms with E-state index < -0.39 is 0 Å². The molecule has 2 heterocycles. The summed E-state index contributed by atoms with van der Waals surface area (Å²) in [5.74, 6) is -0.261. The number of nitrogens with one attached hydrogen (secondary N) is 1. The van der Waals surface area contributed by atoms with Gasteiger partial charge in [-0.2, -0.15) is 0 Å². The summed E-state index contributed by atoms with van der Waals surface area (Å²) in [6.45, 7) is 1.89. The van der Waals surface area contributed by atoms with E-state index in [1.54, 1.807) is 30.6 Å². The minimum absolute atomic E-state index is 0.261. The zero-order valence-corrected chi connectivity index (χ0v) is 10.7. The van der Waals surface area contributed by atoms with Crippen LogP contribution < -0.4 is 5.32 Å². The van der Waals surface area contributed by atoms with Gasteiger partial charge in [-0.15, -0.1) is 0 Å². The van der Waals surface area contributed by atoms with Gasteiger partial charge in [0, 0.05) is 16.4 Å². The smallest absolute Gasteiger partial charge is 0.275 e. The molecule has 0 aliphatic rings. The van der Waals surface area contributed by atoms with Gasteiger partial charge in [0.15, 0.2) is 0 Å². The van der Waals surface area contributed by atoms with Gasteiger partial charge >= 0.3 is 0 Å². The van der Waals surface area contributed by atoms with E-state index >= 15 is 0 Å². The number of rotatable bonds is 2. The first-order chi connectivity index (χ1) is 8.16. The zero-order chi connectivity index (χ0) is 12.3. The molecule has 5 heteroatoms. The lowest BCUT2D eigenvalue weighted by Gasteiger charge is -2.05. The van der Waals surface area contributed by atoms with Gasteiger partial charge in [0.25, 0.3) is 5.91 Å². The highest BCUT2D eigenvalue weighted by Gasteiger charge is 2.10. The van der Waals surface area contributed by atoms with Gasteiger partial charge in [-0.1, -0.05) is 0 Å². The zero-order valence-electron chi connectivity index (χ0n) is 9.14. The van der Waals surface area contributed by atoms with Gasteiger partial charge in [0.05, 0.1) is 11.9 Å². The number of hydrogen-bond donors (Lipinski definition) is 1. The van der Waals surface area contributed by atoms with Gasteiger partial charge in [0.2, 0.25) is 0 Å². The first kappa shape index (κ1) is 11.7. The Balaban J connectivity index is 2.17. The van der Waals surface area contributed by atoms with Crippen molar-refractivity contribution in [2.24, 2.45) is 0 Å². The molecule has 2 aromatic heterocycles. The lowest BCUT2D eigenvalue weighted by atomic mass is 10.3. The molecule has 0 saturated carbocycles.